The summed E-state index contributed by atoms with van der Waals surface area (Å²) in [5.41, 5.74) is 1.06. The number of fused-ring (bicyclic) bond motifs is 1. The molecule has 1 atom stereocenters. The molecule has 1 heterocycles. The lowest BCUT2D eigenvalue weighted by molar-refractivity contribution is 0.280. The summed E-state index contributed by atoms with van der Waals surface area (Å²) < 4.78 is 6.68. The van der Waals surface area contributed by atoms with Crippen molar-refractivity contribution in [3.8, 4) is 5.75 Å². The van der Waals surface area contributed by atoms with Gasteiger partial charge in [0, 0.05) is 6.54 Å². The highest BCUT2D eigenvalue weighted by Crippen LogP contribution is 2.35. The van der Waals surface area contributed by atoms with Crippen LogP contribution in [0, 0.1) is 0 Å². The summed E-state index contributed by atoms with van der Waals surface area (Å²) >= 11 is 3.46. The molecule has 0 spiro atoms. The van der Waals surface area contributed by atoms with E-state index in [2.05, 4.69) is 26.6 Å². The molecule has 0 radical (unpaired) electrons. The second kappa shape index (κ2) is 4.19. The zero-order valence-electron chi connectivity index (χ0n) is 8.01. The molecule has 1 aliphatic rings. The first-order valence-corrected chi connectivity index (χ1v) is 5.43. The predicted molar refractivity (Wildman–Crippen MR) is 61.0 cm³/mol. The van der Waals surface area contributed by atoms with E-state index >= 15 is 0 Å². The van der Waals surface area contributed by atoms with Gasteiger partial charge in [0.05, 0.1) is 16.2 Å². The topological polar surface area (TPSA) is 33.3 Å². The number of anilines is 1. The Balaban J connectivity index is 2.18. The molecule has 76 valence electrons. The van der Waals surface area contributed by atoms with E-state index in [1.807, 2.05) is 25.2 Å². The number of hydrogen-bond donors (Lipinski definition) is 2. The fourth-order valence-corrected chi connectivity index (χ4v) is 2.05. The Hall–Kier alpha value is -0.740. The number of nitrogens with one attached hydrogen (secondary N) is 2. The molecule has 1 aromatic rings. The third kappa shape index (κ3) is 1.86. The molecule has 0 fully saturated rings. The second-order valence-corrected chi connectivity index (χ2v) is 4.18. The molecule has 14 heavy (non-hydrogen) atoms. The first kappa shape index (κ1) is 9.80. The average Bonchev–Trinajstić information content (AvgIpc) is 2.18. The van der Waals surface area contributed by atoms with Gasteiger partial charge in [0.25, 0.3) is 0 Å². The maximum Gasteiger partial charge on any atom is 0.156 e. The number of rotatable bonds is 2. The van der Waals surface area contributed by atoms with Gasteiger partial charge in [0.2, 0.25) is 0 Å². The van der Waals surface area contributed by atoms with E-state index in [0.717, 1.165) is 22.5 Å². The van der Waals surface area contributed by atoms with Crippen LogP contribution in [0.1, 0.15) is 0 Å². The molecule has 0 aliphatic carbocycles. The molecular weight excluding hydrogens is 244 g/mol. The van der Waals surface area contributed by atoms with Crippen molar-refractivity contribution in [3.05, 3.63) is 22.7 Å². The Labute approximate surface area is 92.0 Å². The summed E-state index contributed by atoms with van der Waals surface area (Å²) in [5, 5.41) is 6.55. The zero-order chi connectivity index (χ0) is 9.97. The number of para-hydroxylation sites is 1. The van der Waals surface area contributed by atoms with Crippen LogP contribution in [0.5, 0.6) is 5.75 Å². The van der Waals surface area contributed by atoms with Crippen LogP contribution < -0.4 is 15.4 Å². The summed E-state index contributed by atoms with van der Waals surface area (Å²) in [6.07, 6.45) is 0. The largest absolute Gasteiger partial charge is 0.488 e. The zero-order valence-corrected chi connectivity index (χ0v) is 9.60. The lowest BCUT2D eigenvalue weighted by Crippen LogP contribution is -2.39. The van der Waals surface area contributed by atoms with Gasteiger partial charge in [-0.1, -0.05) is 6.07 Å². The Kier molecular flexibility index (Phi) is 2.93. The minimum atomic E-state index is 0.349. The molecule has 0 saturated heterocycles. The third-order valence-electron chi connectivity index (χ3n) is 2.21. The molecule has 1 aromatic carbocycles. The van der Waals surface area contributed by atoms with Crippen LogP contribution >= 0.6 is 15.9 Å². The van der Waals surface area contributed by atoms with E-state index in [0.29, 0.717) is 12.6 Å². The number of halogens is 1. The highest BCUT2D eigenvalue weighted by molar-refractivity contribution is 9.10. The van der Waals surface area contributed by atoms with Crippen LogP contribution in [0.25, 0.3) is 0 Å². The van der Waals surface area contributed by atoms with Crippen LogP contribution in [0.2, 0.25) is 0 Å². The molecule has 2 N–H and O–H groups in total. The summed E-state index contributed by atoms with van der Waals surface area (Å²) in [6.45, 7) is 1.61. The molecule has 3 nitrogen and oxygen atoms in total. The fraction of sp³-hybridized carbons (Fsp3) is 0.400. The quantitative estimate of drug-likeness (QED) is 0.848. The first-order valence-electron chi connectivity index (χ1n) is 4.63. The standard InChI is InChI=1S/C10H13BrN2O/c1-12-5-7-6-14-10-8(11)3-2-4-9(10)13-7/h2-4,7,12-13H,5-6H2,1H3. The van der Waals surface area contributed by atoms with Gasteiger partial charge in [-0.2, -0.15) is 0 Å². The Morgan fingerprint density at radius 3 is 3.29 bits per heavy atom. The smallest absolute Gasteiger partial charge is 0.156 e. The highest BCUT2D eigenvalue weighted by Gasteiger charge is 2.19. The third-order valence-corrected chi connectivity index (χ3v) is 2.83. The van der Waals surface area contributed by atoms with Crippen molar-refractivity contribution in [1.82, 2.24) is 5.32 Å². The normalized spacial score (nSPS) is 19.4. The van der Waals surface area contributed by atoms with E-state index in [4.69, 9.17) is 4.74 Å². The Morgan fingerprint density at radius 2 is 2.50 bits per heavy atom. The molecule has 0 bridgehead atoms. The lowest BCUT2D eigenvalue weighted by atomic mass is 10.2. The van der Waals surface area contributed by atoms with Gasteiger partial charge in [-0.05, 0) is 35.1 Å². The van der Waals surface area contributed by atoms with Gasteiger partial charge in [0.1, 0.15) is 6.61 Å². The number of hydrogen-bond acceptors (Lipinski definition) is 3. The minimum Gasteiger partial charge on any atom is -0.488 e. The summed E-state index contributed by atoms with van der Waals surface area (Å²) in [5.74, 6) is 0.917. The van der Waals surface area contributed by atoms with Gasteiger partial charge in [-0.3, -0.25) is 0 Å². The monoisotopic (exact) mass is 256 g/mol. The van der Waals surface area contributed by atoms with Crippen LogP contribution in [0.4, 0.5) is 5.69 Å². The van der Waals surface area contributed by atoms with Crippen molar-refractivity contribution < 1.29 is 4.74 Å². The van der Waals surface area contributed by atoms with E-state index in [1.54, 1.807) is 0 Å². The minimum absolute atomic E-state index is 0.349. The molecule has 1 aliphatic heterocycles. The number of likely N-dealkylation sites (N-methyl/N-ethyl adjacent to an activating group) is 1. The second-order valence-electron chi connectivity index (χ2n) is 3.33. The van der Waals surface area contributed by atoms with Crippen molar-refractivity contribution in [1.29, 1.82) is 0 Å². The summed E-state index contributed by atoms with van der Waals surface area (Å²) in [4.78, 5) is 0. The van der Waals surface area contributed by atoms with Crippen LogP contribution in [0.15, 0.2) is 22.7 Å². The van der Waals surface area contributed by atoms with Crippen LogP contribution in [0.3, 0.4) is 0 Å². The van der Waals surface area contributed by atoms with Gasteiger partial charge < -0.3 is 15.4 Å². The van der Waals surface area contributed by atoms with Crippen molar-refractivity contribution in [2.75, 3.05) is 25.5 Å². The van der Waals surface area contributed by atoms with E-state index in [9.17, 15) is 0 Å². The van der Waals surface area contributed by atoms with Crippen molar-refractivity contribution in [3.63, 3.8) is 0 Å². The lowest BCUT2D eigenvalue weighted by Gasteiger charge is -2.27. The van der Waals surface area contributed by atoms with E-state index in [-0.39, 0.29) is 0 Å². The first-order chi connectivity index (χ1) is 6.81. The maximum absolute atomic E-state index is 5.67. The molecule has 2 rings (SSSR count). The molecular formula is C10H13BrN2O. The number of benzene rings is 1. The van der Waals surface area contributed by atoms with Gasteiger partial charge in [-0.15, -0.1) is 0 Å². The molecule has 4 heteroatoms. The molecule has 0 aromatic heterocycles. The van der Waals surface area contributed by atoms with Crippen LogP contribution in [-0.4, -0.2) is 26.2 Å². The summed E-state index contributed by atoms with van der Waals surface area (Å²) in [7, 11) is 1.94. The van der Waals surface area contributed by atoms with Gasteiger partial charge in [0.15, 0.2) is 5.75 Å². The Bertz CT molecular complexity index is 330. The van der Waals surface area contributed by atoms with E-state index in [1.165, 1.54) is 0 Å². The molecule has 0 saturated carbocycles. The van der Waals surface area contributed by atoms with Gasteiger partial charge >= 0.3 is 0 Å². The fourth-order valence-electron chi connectivity index (χ4n) is 1.57. The van der Waals surface area contributed by atoms with Gasteiger partial charge in [-0.25, -0.2) is 0 Å². The number of ether oxygens (including phenoxy) is 1. The highest BCUT2D eigenvalue weighted by atomic mass is 79.9. The average molecular weight is 257 g/mol. The SMILES string of the molecule is CNCC1COc2c(Br)cccc2N1. The van der Waals surface area contributed by atoms with Crippen molar-refractivity contribution >= 4 is 21.6 Å². The Morgan fingerprint density at radius 1 is 1.64 bits per heavy atom. The van der Waals surface area contributed by atoms with Crippen molar-refractivity contribution in [2.24, 2.45) is 0 Å². The van der Waals surface area contributed by atoms with Crippen molar-refractivity contribution in [2.45, 2.75) is 6.04 Å². The van der Waals surface area contributed by atoms with E-state index < -0.39 is 0 Å². The predicted octanol–water partition coefficient (Wildman–Crippen LogP) is 1.84. The molecule has 1 unspecified atom stereocenters. The molecule has 0 amide bonds. The summed E-state index contributed by atoms with van der Waals surface area (Å²) in [6, 6.07) is 6.36. The maximum atomic E-state index is 5.67. The van der Waals surface area contributed by atoms with Crippen LogP contribution in [-0.2, 0) is 0 Å².